The highest BCUT2D eigenvalue weighted by Crippen LogP contribution is 1.94. The first kappa shape index (κ1) is 9.07. The van der Waals surface area contributed by atoms with Crippen molar-refractivity contribution < 1.29 is 18.3 Å². The SMILES string of the molecule is C/C=C/COC(=O)C(F)F. The minimum Gasteiger partial charge on any atom is -0.457 e. The maximum Gasteiger partial charge on any atom is 0.374 e. The first-order valence-corrected chi connectivity index (χ1v) is 2.74. The molecule has 0 aliphatic carbocycles. The van der Waals surface area contributed by atoms with Gasteiger partial charge in [-0.3, -0.25) is 0 Å². The summed E-state index contributed by atoms with van der Waals surface area (Å²) in [4.78, 5) is 10.0. The Kier molecular flexibility index (Phi) is 4.45. The fourth-order valence-electron chi connectivity index (χ4n) is 0.289. The molecule has 0 rings (SSSR count). The number of halogens is 2. The van der Waals surface area contributed by atoms with E-state index >= 15 is 0 Å². The Morgan fingerprint density at radius 2 is 2.30 bits per heavy atom. The molecule has 0 aromatic heterocycles. The summed E-state index contributed by atoms with van der Waals surface area (Å²) in [5.41, 5.74) is 0. The van der Waals surface area contributed by atoms with Crippen molar-refractivity contribution in [1.82, 2.24) is 0 Å². The van der Waals surface area contributed by atoms with Gasteiger partial charge < -0.3 is 4.74 Å². The van der Waals surface area contributed by atoms with Gasteiger partial charge in [-0.05, 0) is 6.92 Å². The van der Waals surface area contributed by atoms with Gasteiger partial charge in [0.15, 0.2) is 0 Å². The van der Waals surface area contributed by atoms with Crippen LogP contribution in [-0.2, 0) is 9.53 Å². The van der Waals surface area contributed by atoms with E-state index in [9.17, 15) is 13.6 Å². The molecule has 0 spiro atoms. The summed E-state index contributed by atoms with van der Waals surface area (Å²) in [6.45, 7) is 1.62. The smallest absolute Gasteiger partial charge is 0.374 e. The van der Waals surface area contributed by atoms with Gasteiger partial charge in [0.2, 0.25) is 0 Å². The molecule has 2 nitrogen and oxygen atoms in total. The molecule has 0 radical (unpaired) electrons. The molecule has 0 aliphatic rings. The maximum atomic E-state index is 11.4. The molecule has 0 bridgehead atoms. The zero-order valence-electron chi connectivity index (χ0n) is 5.51. The van der Waals surface area contributed by atoms with Crippen molar-refractivity contribution in [2.45, 2.75) is 13.3 Å². The molecular formula is C6H8F2O2. The van der Waals surface area contributed by atoms with Crippen molar-refractivity contribution in [1.29, 1.82) is 0 Å². The molecule has 0 heterocycles. The third kappa shape index (κ3) is 4.00. The topological polar surface area (TPSA) is 26.3 Å². The molecular weight excluding hydrogens is 142 g/mol. The molecule has 0 aromatic rings. The highest BCUT2D eigenvalue weighted by Gasteiger charge is 2.15. The van der Waals surface area contributed by atoms with E-state index in [1.54, 1.807) is 13.0 Å². The van der Waals surface area contributed by atoms with E-state index in [1.807, 2.05) is 0 Å². The lowest BCUT2D eigenvalue weighted by Gasteiger charge is -1.97. The lowest BCUT2D eigenvalue weighted by atomic mass is 10.5. The zero-order valence-corrected chi connectivity index (χ0v) is 5.51. The molecule has 0 saturated carbocycles. The molecule has 0 saturated heterocycles. The van der Waals surface area contributed by atoms with Gasteiger partial charge in [0.05, 0.1) is 0 Å². The molecule has 0 atom stereocenters. The number of esters is 1. The van der Waals surface area contributed by atoms with Gasteiger partial charge in [0.25, 0.3) is 0 Å². The maximum absolute atomic E-state index is 11.4. The van der Waals surface area contributed by atoms with Crippen LogP contribution in [0.4, 0.5) is 8.78 Å². The highest BCUT2D eigenvalue weighted by atomic mass is 19.3. The molecule has 58 valence electrons. The lowest BCUT2D eigenvalue weighted by molar-refractivity contribution is -0.155. The number of rotatable bonds is 3. The Labute approximate surface area is 57.5 Å². The van der Waals surface area contributed by atoms with E-state index in [0.717, 1.165) is 0 Å². The van der Waals surface area contributed by atoms with Gasteiger partial charge in [-0.2, -0.15) is 8.78 Å². The van der Waals surface area contributed by atoms with E-state index in [4.69, 9.17) is 0 Å². The number of hydrogen-bond donors (Lipinski definition) is 0. The largest absolute Gasteiger partial charge is 0.457 e. The first-order chi connectivity index (χ1) is 4.68. The Hall–Kier alpha value is -0.930. The molecule has 0 aromatic carbocycles. The number of allylic oxidation sites excluding steroid dienone is 1. The molecule has 0 aliphatic heterocycles. The summed E-state index contributed by atoms with van der Waals surface area (Å²) in [6, 6.07) is 0. The first-order valence-electron chi connectivity index (χ1n) is 2.74. The van der Waals surface area contributed by atoms with Crippen LogP contribution in [0.25, 0.3) is 0 Å². The molecule has 4 heteroatoms. The Bertz CT molecular complexity index is 132. The minimum atomic E-state index is -3.02. The van der Waals surface area contributed by atoms with Gasteiger partial charge in [0.1, 0.15) is 6.61 Å². The molecule has 0 fully saturated rings. The van der Waals surface area contributed by atoms with E-state index < -0.39 is 12.4 Å². The fraction of sp³-hybridized carbons (Fsp3) is 0.500. The van der Waals surface area contributed by atoms with Crippen molar-refractivity contribution >= 4 is 5.97 Å². The fourth-order valence-corrected chi connectivity index (χ4v) is 0.289. The van der Waals surface area contributed by atoms with E-state index in [-0.39, 0.29) is 6.61 Å². The third-order valence-corrected chi connectivity index (χ3v) is 0.736. The normalized spacial score (nSPS) is 10.8. The predicted molar refractivity (Wildman–Crippen MR) is 31.8 cm³/mol. The van der Waals surface area contributed by atoms with Crippen LogP contribution in [0.15, 0.2) is 12.2 Å². The monoisotopic (exact) mass is 150 g/mol. The number of carbonyl (C=O) groups excluding carboxylic acids is 1. The average molecular weight is 150 g/mol. The van der Waals surface area contributed by atoms with Crippen LogP contribution in [0.1, 0.15) is 6.92 Å². The van der Waals surface area contributed by atoms with Crippen molar-refractivity contribution in [3.8, 4) is 0 Å². The summed E-state index contributed by atoms with van der Waals surface area (Å²) in [5.74, 6) is -1.47. The average Bonchev–Trinajstić information content (AvgIpc) is 1.88. The van der Waals surface area contributed by atoms with Crippen LogP contribution >= 0.6 is 0 Å². The highest BCUT2D eigenvalue weighted by molar-refractivity contribution is 5.72. The molecule has 10 heavy (non-hydrogen) atoms. The van der Waals surface area contributed by atoms with Crippen molar-refractivity contribution in [3.63, 3.8) is 0 Å². The number of alkyl halides is 2. The third-order valence-electron chi connectivity index (χ3n) is 0.736. The van der Waals surface area contributed by atoms with Crippen LogP contribution < -0.4 is 0 Å². The minimum absolute atomic E-state index is 0.0837. The Balaban J connectivity index is 3.40. The van der Waals surface area contributed by atoms with Crippen molar-refractivity contribution in [2.75, 3.05) is 6.61 Å². The number of hydrogen-bond acceptors (Lipinski definition) is 2. The number of carbonyl (C=O) groups is 1. The summed E-state index contributed by atoms with van der Waals surface area (Å²) in [5, 5.41) is 0. The standard InChI is InChI=1S/C6H8F2O2/c1-2-3-4-10-6(9)5(7)8/h2-3,5H,4H2,1H3/b3-2+. The number of ether oxygens (including phenoxy) is 1. The Morgan fingerprint density at radius 1 is 1.70 bits per heavy atom. The second kappa shape index (κ2) is 4.90. The summed E-state index contributed by atoms with van der Waals surface area (Å²) in [6.07, 6.45) is 0.0595. The molecule has 0 amide bonds. The van der Waals surface area contributed by atoms with Crippen LogP contribution in [0.5, 0.6) is 0 Å². The van der Waals surface area contributed by atoms with Crippen molar-refractivity contribution in [3.05, 3.63) is 12.2 Å². The second-order valence-corrected chi connectivity index (χ2v) is 1.50. The van der Waals surface area contributed by atoms with Gasteiger partial charge in [0, 0.05) is 0 Å². The van der Waals surface area contributed by atoms with Gasteiger partial charge in [-0.1, -0.05) is 12.2 Å². The summed E-state index contributed by atoms with van der Waals surface area (Å²) < 4.78 is 26.8. The molecule has 0 unspecified atom stereocenters. The predicted octanol–water partition coefficient (Wildman–Crippen LogP) is 1.37. The zero-order chi connectivity index (χ0) is 7.98. The summed E-state index contributed by atoms with van der Waals surface area (Å²) in [7, 11) is 0. The van der Waals surface area contributed by atoms with Gasteiger partial charge in [-0.15, -0.1) is 0 Å². The second-order valence-electron chi connectivity index (χ2n) is 1.50. The Morgan fingerprint density at radius 3 is 2.70 bits per heavy atom. The van der Waals surface area contributed by atoms with Crippen LogP contribution in [-0.4, -0.2) is 19.0 Å². The van der Waals surface area contributed by atoms with Gasteiger partial charge in [-0.25, -0.2) is 4.79 Å². The van der Waals surface area contributed by atoms with E-state index in [2.05, 4.69) is 4.74 Å². The van der Waals surface area contributed by atoms with Crippen LogP contribution in [0.2, 0.25) is 0 Å². The van der Waals surface area contributed by atoms with E-state index in [1.165, 1.54) is 6.08 Å². The summed E-state index contributed by atoms with van der Waals surface area (Å²) >= 11 is 0. The van der Waals surface area contributed by atoms with Crippen LogP contribution in [0.3, 0.4) is 0 Å². The van der Waals surface area contributed by atoms with E-state index in [0.29, 0.717) is 0 Å². The molecule has 0 N–H and O–H groups in total. The quantitative estimate of drug-likeness (QED) is 0.448. The van der Waals surface area contributed by atoms with Crippen LogP contribution in [0, 0.1) is 0 Å². The lowest BCUT2D eigenvalue weighted by Crippen LogP contribution is -2.13. The van der Waals surface area contributed by atoms with Gasteiger partial charge >= 0.3 is 12.4 Å². The van der Waals surface area contributed by atoms with Crippen molar-refractivity contribution in [2.24, 2.45) is 0 Å².